The normalized spacial score (nSPS) is 14.9. The van der Waals surface area contributed by atoms with Gasteiger partial charge in [-0.05, 0) is 48.9 Å². The molecule has 0 bridgehead atoms. The number of methoxy groups -OCH3 is 2. The third-order valence-electron chi connectivity index (χ3n) is 4.10. The van der Waals surface area contributed by atoms with Crippen molar-refractivity contribution in [3.8, 4) is 0 Å². The van der Waals surface area contributed by atoms with Gasteiger partial charge >= 0.3 is 0 Å². The highest BCUT2D eigenvalue weighted by Gasteiger charge is 2.17. The number of hydrogen-bond acceptors (Lipinski definition) is 4. The number of imidazole rings is 1. The Morgan fingerprint density at radius 1 is 1.20 bits per heavy atom. The molecule has 3 rings (SSSR count). The average Bonchev–Trinajstić information content (AvgIpc) is 2.77. The fraction of sp³-hybridized carbons (Fsp3) is 0.533. The number of aryl methyl sites for hydroxylation is 2. The summed E-state index contributed by atoms with van der Waals surface area (Å²) >= 11 is 0. The van der Waals surface area contributed by atoms with Crippen molar-refractivity contribution in [2.24, 2.45) is 0 Å². The number of anilines is 1. The number of hydrogen-bond donors (Lipinski definition) is 1. The Morgan fingerprint density at radius 3 is 2.50 bits per heavy atom. The second-order valence-corrected chi connectivity index (χ2v) is 5.30. The number of nitrogen functional groups attached to an aromatic ring is 1. The van der Waals surface area contributed by atoms with E-state index in [0.29, 0.717) is 12.5 Å². The topological polar surface area (TPSA) is 62.3 Å². The van der Waals surface area contributed by atoms with Crippen LogP contribution >= 0.6 is 0 Å². The second-order valence-electron chi connectivity index (χ2n) is 5.30. The molecule has 5 nitrogen and oxygen atoms in total. The number of fused-ring (bicyclic) bond motifs is 2. The molecule has 2 aromatic rings. The molecule has 2 N–H and O–H groups in total. The molecule has 108 valence electrons. The SMILES string of the molecule is COC(Cn1c(N)nc2cc3c(cc21)CCCC3)OC. The molecule has 1 aromatic carbocycles. The first-order valence-corrected chi connectivity index (χ1v) is 7.06. The average molecular weight is 275 g/mol. The van der Waals surface area contributed by atoms with Gasteiger partial charge in [-0.3, -0.25) is 0 Å². The van der Waals surface area contributed by atoms with E-state index in [1.807, 2.05) is 4.57 Å². The van der Waals surface area contributed by atoms with E-state index in [4.69, 9.17) is 15.2 Å². The van der Waals surface area contributed by atoms with Gasteiger partial charge < -0.3 is 19.8 Å². The van der Waals surface area contributed by atoms with Gasteiger partial charge in [0, 0.05) is 14.2 Å². The summed E-state index contributed by atoms with van der Waals surface area (Å²) < 4.78 is 12.5. The van der Waals surface area contributed by atoms with Crippen LogP contribution in [0.5, 0.6) is 0 Å². The lowest BCUT2D eigenvalue weighted by molar-refractivity contribution is -0.110. The summed E-state index contributed by atoms with van der Waals surface area (Å²) in [6, 6.07) is 4.42. The van der Waals surface area contributed by atoms with Gasteiger partial charge in [0.05, 0.1) is 17.6 Å². The highest BCUT2D eigenvalue weighted by molar-refractivity contribution is 5.80. The Kier molecular flexibility index (Phi) is 3.63. The minimum atomic E-state index is -0.314. The van der Waals surface area contributed by atoms with Gasteiger partial charge in [-0.15, -0.1) is 0 Å². The lowest BCUT2D eigenvalue weighted by Gasteiger charge is -2.17. The summed E-state index contributed by atoms with van der Waals surface area (Å²) in [5.74, 6) is 0.515. The van der Waals surface area contributed by atoms with Crippen molar-refractivity contribution in [3.63, 3.8) is 0 Å². The minimum Gasteiger partial charge on any atom is -0.369 e. The third-order valence-corrected chi connectivity index (χ3v) is 4.10. The first-order chi connectivity index (χ1) is 9.72. The van der Waals surface area contributed by atoms with E-state index >= 15 is 0 Å². The van der Waals surface area contributed by atoms with Gasteiger partial charge in [0.25, 0.3) is 0 Å². The van der Waals surface area contributed by atoms with E-state index in [1.54, 1.807) is 14.2 Å². The van der Waals surface area contributed by atoms with Crippen molar-refractivity contribution in [2.75, 3.05) is 20.0 Å². The summed E-state index contributed by atoms with van der Waals surface area (Å²) in [7, 11) is 3.26. The molecular formula is C15H21N3O2. The van der Waals surface area contributed by atoms with Gasteiger partial charge in [0.1, 0.15) is 0 Å². The maximum atomic E-state index is 6.05. The summed E-state index contributed by atoms with van der Waals surface area (Å²) in [6.07, 6.45) is 4.52. The highest BCUT2D eigenvalue weighted by Crippen LogP contribution is 2.28. The second kappa shape index (κ2) is 5.42. The zero-order valence-corrected chi connectivity index (χ0v) is 12.1. The zero-order chi connectivity index (χ0) is 14.1. The molecule has 0 atom stereocenters. The van der Waals surface area contributed by atoms with E-state index in [0.717, 1.165) is 23.9 Å². The standard InChI is InChI=1S/C15H21N3O2/c1-19-14(20-2)9-18-13-8-11-6-4-3-5-10(11)7-12(13)17-15(18)16/h7-8,14H,3-6,9H2,1-2H3,(H2,16,17). The maximum Gasteiger partial charge on any atom is 0.201 e. The highest BCUT2D eigenvalue weighted by atomic mass is 16.7. The molecule has 0 saturated heterocycles. The molecule has 0 radical (unpaired) electrons. The predicted molar refractivity (Wildman–Crippen MR) is 78.6 cm³/mol. The molecule has 1 aliphatic rings. The van der Waals surface area contributed by atoms with Crippen LogP contribution in [0.25, 0.3) is 11.0 Å². The number of nitrogens with two attached hydrogens (primary N) is 1. The van der Waals surface area contributed by atoms with Crippen molar-refractivity contribution < 1.29 is 9.47 Å². The van der Waals surface area contributed by atoms with Gasteiger partial charge in [-0.1, -0.05) is 0 Å². The van der Waals surface area contributed by atoms with Crippen molar-refractivity contribution in [1.82, 2.24) is 9.55 Å². The number of rotatable bonds is 4. The smallest absolute Gasteiger partial charge is 0.201 e. The largest absolute Gasteiger partial charge is 0.369 e. The molecule has 1 heterocycles. The Bertz CT molecular complexity index is 617. The number of ether oxygens (including phenoxy) is 2. The van der Waals surface area contributed by atoms with E-state index < -0.39 is 0 Å². The van der Waals surface area contributed by atoms with Gasteiger partial charge in [0.15, 0.2) is 6.29 Å². The van der Waals surface area contributed by atoms with Crippen LogP contribution < -0.4 is 5.73 Å². The Balaban J connectivity index is 2.05. The minimum absolute atomic E-state index is 0.314. The fourth-order valence-electron chi connectivity index (χ4n) is 2.96. The van der Waals surface area contributed by atoms with Crippen molar-refractivity contribution in [1.29, 1.82) is 0 Å². The van der Waals surface area contributed by atoms with Crippen LogP contribution in [0.3, 0.4) is 0 Å². The molecule has 0 unspecified atom stereocenters. The summed E-state index contributed by atoms with van der Waals surface area (Å²) in [6.45, 7) is 0.550. The monoisotopic (exact) mass is 275 g/mol. The van der Waals surface area contributed by atoms with Crippen LogP contribution in [-0.2, 0) is 28.9 Å². The van der Waals surface area contributed by atoms with Crippen LogP contribution in [0.4, 0.5) is 5.95 Å². The molecular weight excluding hydrogens is 254 g/mol. The Hall–Kier alpha value is -1.59. The van der Waals surface area contributed by atoms with Crippen molar-refractivity contribution in [2.45, 2.75) is 38.5 Å². The van der Waals surface area contributed by atoms with Crippen molar-refractivity contribution >= 4 is 17.0 Å². The van der Waals surface area contributed by atoms with E-state index in [-0.39, 0.29) is 6.29 Å². The van der Waals surface area contributed by atoms with Gasteiger partial charge in [-0.2, -0.15) is 0 Å². The summed E-state index contributed by atoms with van der Waals surface area (Å²) in [5, 5.41) is 0. The molecule has 0 spiro atoms. The molecule has 0 amide bonds. The fourth-order valence-corrected chi connectivity index (χ4v) is 2.96. The first kappa shape index (κ1) is 13.4. The third kappa shape index (κ3) is 2.27. The van der Waals surface area contributed by atoms with E-state index in [9.17, 15) is 0 Å². The summed E-state index contributed by atoms with van der Waals surface area (Å²) in [4.78, 5) is 4.47. The lowest BCUT2D eigenvalue weighted by Crippen LogP contribution is -2.21. The quantitative estimate of drug-likeness (QED) is 0.868. The molecule has 0 saturated carbocycles. The zero-order valence-electron chi connectivity index (χ0n) is 12.1. The first-order valence-electron chi connectivity index (χ1n) is 7.06. The number of nitrogens with zero attached hydrogens (tertiary/aromatic N) is 2. The van der Waals surface area contributed by atoms with E-state index in [1.165, 1.54) is 24.0 Å². The van der Waals surface area contributed by atoms with Crippen LogP contribution in [0.15, 0.2) is 12.1 Å². The van der Waals surface area contributed by atoms with Gasteiger partial charge in [0.2, 0.25) is 5.95 Å². The maximum absolute atomic E-state index is 6.05. The van der Waals surface area contributed by atoms with Crippen LogP contribution in [0.1, 0.15) is 24.0 Å². The van der Waals surface area contributed by atoms with Crippen LogP contribution in [0, 0.1) is 0 Å². The molecule has 20 heavy (non-hydrogen) atoms. The molecule has 0 aliphatic heterocycles. The lowest BCUT2D eigenvalue weighted by atomic mass is 9.91. The number of benzene rings is 1. The van der Waals surface area contributed by atoms with Gasteiger partial charge in [-0.25, -0.2) is 4.98 Å². The van der Waals surface area contributed by atoms with Crippen LogP contribution in [-0.4, -0.2) is 30.1 Å². The Morgan fingerprint density at radius 2 is 1.85 bits per heavy atom. The molecule has 1 aliphatic carbocycles. The Labute approximate surface area is 118 Å². The number of aromatic nitrogens is 2. The molecule has 5 heteroatoms. The summed E-state index contributed by atoms with van der Waals surface area (Å²) in [5.41, 5.74) is 10.9. The van der Waals surface area contributed by atoms with Crippen molar-refractivity contribution in [3.05, 3.63) is 23.3 Å². The molecule has 1 aromatic heterocycles. The van der Waals surface area contributed by atoms with E-state index in [2.05, 4.69) is 17.1 Å². The van der Waals surface area contributed by atoms with Crippen LogP contribution in [0.2, 0.25) is 0 Å². The molecule has 0 fully saturated rings. The predicted octanol–water partition coefficient (Wildman–Crippen LogP) is 2.12.